The maximum absolute atomic E-state index is 11.4. The first-order valence-corrected chi connectivity index (χ1v) is 6.79. The molecule has 0 amide bonds. The van der Waals surface area contributed by atoms with Crippen LogP contribution in [0, 0.1) is 0 Å². The minimum Gasteiger partial charge on any atom is -0.497 e. The minimum atomic E-state index is -1.01. The smallest absolute Gasteiger partial charge is 0.345 e. The van der Waals surface area contributed by atoms with Gasteiger partial charge in [0.05, 0.1) is 14.2 Å². The second kappa shape index (κ2) is 7.36. The summed E-state index contributed by atoms with van der Waals surface area (Å²) in [5.41, 5.74) is 0.863. The Morgan fingerprint density at radius 1 is 0.909 bits per heavy atom. The number of ether oxygens (including phenoxy) is 3. The van der Waals surface area contributed by atoms with Crippen LogP contribution in [-0.2, 0) is 11.2 Å². The molecule has 2 rings (SSSR count). The van der Waals surface area contributed by atoms with E-state index in [1.165, 1.54) is 0 Å². The standard InChI is InChI=1S/C17H18O5/c1-20-13-5-3-12(4-6-13)11-16(17(18)19)22-15-9-7-14(21-2)8-10-15/h3-10,16H,11H2,1-2H3,(H,18,19). The third-order valence-electron chi connectivity index (χ3n) is 3.19. The first-order valence-electron chi connectivity index (χ1n) is 6.79. The van der Waals surface area contributed by atoms with E-state index in [0.717, 1.165) is 11.3 Å². The van der Waals surface area contributed by atoms with Gasteiger partial charge in [0.2, 0.25) is 0 Å². The monoisotopic (exact) mass is 302 g/mol. The summed E-state index contributed by atoms with van der Waals surface area (Å²) < 4.78 is 15.7. The molecule has 0 fully saturated rings. The van der Waals surface area contributed by atoms with Gasteiger partial charge in [-0.05, 0) is 42.0 Å². The third kappa shape index (κ3) is 4.15. The molecular weight excluding hydrogens is 284 g/mol. The van der Waals surface area contributed by atoms with Crippen LogP contribution in [0.1, 0.15) is 5.56 Å². The first kappa shape index (κ1) is 15.7. The van der Waals surface area contributed by atoms with E-state index < -0.39 is 12.1 Å². The molecule has 0 aliphatic rings. The Bertz CT molecular complexity index is 554. The van der Waals surface area contributed by atoms with Crippen LogP contribution in [0.25, 0.3) is 0 Å². The fraction of sp³-hybridized carbons (Fsp3) is 0.235. The highest BCUT2D eigenvalue weighted by Crippen LogP contribution is 2.20. The van der Waals surface area contributed by atoms with Gasteiger partial charge in [0, 0.05) is 6.42 Å². The van der Waals surface area contributed by atoms with E-state index in [-0.39, 0.29) is 6.42 Å². The molecule has 0 spiro atoms. The molecule has 0 saturated heterocycles. The van der Waals surface area contributed by atoms with Crippen molar-refractivity contribution in [3.63, 3.8) is 0 Å². The summed E-state index contributed by atoms with van der Waals surface area (Å²) in [7, 11) is 3.15. The molecule has 1 atom stereocenters. The largest absolute Gasteiger partial charge is 0.497 e. The summed E-state index contributed by atoms with van der Waals surface area (Å²) in [4.78, 5) is 11.4. The molecule has 2 aromatic carbocycles. The SMILES string of the molecule is COc1ccc(CC(Oc2ccc(OC)cc2)C(=O)O)cc1. The van der Waals surface area contributed by atoms with E-state index in [1.807, 2.05) is 12.1 Å². The third-order valence-corrected chi connectivity index (χ3v) is 3.19. The molecule has 0 heterocycles. The lowest BCUT2D eigenvalue weighted by atomic mass is 10.1. The molecule has 0 aliphatic heterocycles. The van der Waals surface area contributed by atoms with Crippen LogP contribution in [0.15, 0.2) is 48.5 Å². The van der Waals surface area contributed by atoms with Crippen molar-refractivity contribution >= 4 is 5.97 Å². The van der Waals surface area contributed by atoms with Crippen molar-refractivity contribution in [3.05, 3.63) is 54.1 Å². The van der Waals surface area contributed by atoms with Gasteiger partial charge in [0.25, 0.3) is 0 Å². The highest BCUT2D eigenvalue weighted by molar-refractivity contribution is 5.73. The number of methoxy groups -OCH3 is 2. The normalized spacial score (nSPS) is 11.5. The van der Waals surface area contributed by atoms with Crippen LogP contribution in [0.2, 0.25) is 0 Å². The molecule has 116 valence electrons. The predicted molar refractivity (Wildman–Crippen MR) is 81.7 cm³/mol. The number of carboxylic acid groups (broad SMARTS) is 1. The van der Waals surface area contributed by atoms with Gasteiger partial charge in [0.15, 0.2) is 6.10 Å². The number of hydrogen-bond acceptors (Lipinski definition) is 4. The molecule has 2 aromatic rings. The predicted octanol–water partition coefficient (Wildman–Crippen LogP) is 2.78. The summed E-state index contributed by atoms with van der Waals surface area (Å²) >= 11 is 0. The fourth-order valence-corrected chi connectivity index (χ4v) is 1.97. The lowest BCUT2D eigenvalue weighted by Gasteiger charge is -2.15. The number of hydrogen-bond donors (Lipinski definition) is 1. The molecule has 22 heavy (non-hydrogen) atoms. The summed E-state index contributed by atoms with van der Waals surface area (Å²) in [5, 5.41) is 9.32. The van der Waals surface area contributed by atoms with E-state index in [1.54, 1.807) is 50.6 Å². The van der Waals surface area contributed by atoms with Crippen LogP contribution in [0.4, 0.5) is 0 Å². The molecular formula is C17H18O5. The van der Waals surface area contributed by atoms with E-state index >= 15 is 0 Å². The van der Waals surface area contributed by atoms with Crippen molar-refractivity contribution in [2.45, 2.75) is 12.5 Å². The van der Waals surface area contributed by atoms with Gasteiger partial charge in [-0.1, -0.05) is 12.1 Å². The van der Waals surface area contributed by atoms with Crippen LogP contribution in [0.5, 0.6) is 17.2 Å². The van der Waals surface area contributed by atoms with Crippen molar-refractivity contribution in [1.29, 1.82) is 0 Å². The minimum absolute atomic E-state index is 0.269. The van der Waals surface area contributed by atoms with Crippen molar-refractivity contribution in [1.82, 2.24) is 0 Å². The Kier molecular flexibility index (Phi) is 5.25. The second-order valence-corrected chi connectivity index (χ2v) is 4.67. The number of rotatable bonds is 7. The average molecular weight is 302 g/mol. The fourth-order valence-electron chi connectivity index (χ4n) is 1.97. The Hall–Kier alpha value is -2.69. The van der Waals surface area contributed by atoms with Crippen LogP contribution < -0.4 is 14.2 Å². The molecule has 0 saturated carbocycles. The maximum atomic E-state index is 11.4. The molecule has 5 heteroatoms. The maximum Gasteiger partial charge on any atom is 0.345 e. The van der Waals surface area contributed by atoms with Gasteiger partial charge >= 0.3 is 5.97 Å². The number of benzene rings is 2. The van der Waals surface area contributed by atoms with Gasteiger partial charge in [-0.2, -0.15) is 0 Å². The molecule has 1 unspecified atom stereocenters. The quantitative estimate of drug-likeness (QED) is 0.852. The van der Waals surface area contributed by atoms with Gasteiger partial charge in [0.1, 0.15) is 17.2 Å². The molecule has 0 aromatic heterocycles. The van der Waals surface area contributed by atoms with Crippen LogP contribution in [0.3, 0.4) is 0 Å². The molecule has 0 bridgehead atoms. The average Bonchev–Trinajstić information content (AvgIpc) is 2.55. The second-order valence-electron chi connectivity index (χ2n) is 4.67. The summed E-state index contributed by atoms with van der Waals surface area (Å²) in [6, 6.07) is 14.1. The number of carbonyl (C=O) groups is 1. The number of carboxylic acids is 1. The van der Waals surface area contributed by atoms with E-state index in [0.29, 0.717) is 11.5 Å². The first-order chi connectivity index (χ1) is 10.6. The summed E-state index contributed by atoms with van der Waals surface area (Å²) in [6.07, 6.45) is -0.687. The zero-order valence-electron chi connectivity index (χ0n) is 12.5. The Morgan fingerprint density at radius 3 is 1.82 bits per heavy atom. The van der Waals surface area contributed by atoms with Crippen molar-refractivity contribution in [2.24, 2.45) is 0 Å². The van der Waals surface area contributed by atoms with Crippen molar-refractivity contribution in [2.75, 3.05) is 14.2 Å². The molecule has 1 N–H and O–H groups in total. The van der Waals surface area contributed by atoms with E-state index in [2.05, 4.69) is 0 Å². The van der Waals surface area contributed by atoms with Gasteiger partial charge in [-0.25, -0.2) is 4.79 Å². The number of aliphatic carboxylic acids is 1. The van der Waals surface area contributed by atoms with E-state index in [9.17, 15) is 9.90 Å². The van der Waals surface area contributed by atoms with Crippen LogP contribution >= 0.6 is 0 Å². The Labute approximate surface area is 129 Å². The van der Waals surface area contributed by atoms with E-state index in [4.69, 9.17) is 14.2 Å². The zero-order valence-corrected chi connectivity index (χ0v) is 12.5. The molecule has 5 nitrogen and oxygen atoms in total. The van der Waals surface area contributed by atoms with Gasteiger partial charge in [-0.15, -0.1) is 0 Å². The summed E-state index contributed by atoms with van der Waals surface area (Å²) in [6.45, 7) is 0. The van der Waals surface area contributed by atoms with Gasteiger partial charge < -0.3 is 19.3 Å². The Morgan fingerprint density at radius 2 is 1.36 bits per heavy atom. The van der Waals surface area contributed by atoms with Crippen molar-refractivity contribution in [3.8, 4) is 17.2 Å². The zero-order chi connectivity index (χ0) is 15.9. The summed E-state index contributed by atoms with van der Waals surface area (Å²) in [5.74, 6) is 0.898. The Balaban J connectivity index is 2.06. The lowest BCUT2D eigenvalue weighted by molar-refractivity contribution is -0.145. The molecule has 0 radical (unpaired) electrons. The highest BCUT2D eigenvalue weighted by Gasteiger charge is 2.20. The van der Waals surface area contributed by atoms with Gasteiger partial charge in [-0.3, -0.25) is 0 Å². The lowest BCUT2D eigenvalue weighted by Crippen LogP contribution is -2.29. The van der Waals surface area contributed by atoms with Crippen molar-refractivity contribution < 1.29 is 24.1 Å². The molecule has 0 aliphatic carbocycles. The highest BCUT2D eigenvalue weighted by atomic mass is 16.5. The topological polar surface area (TPSA) is 65.0 Å². The van der Waals surface area contributed by atoms with Crippen LogP contribution in [-0.4, -0.2) is 31.4 Å².